The van der Waals surface area contributed by atoms with Gasteiger partial charge in [0.05, 0.1) is 36.9 Å². The summed E-state index contributed by atoms with van der Waals surface area (Å²) in [6.45, 7) is 8.15. The summed E-state index contributed by atoms with van der Waals surface area (Å²) in [5.74, 6) is -0.0556. The Kier molecular flexibility index (Phi) is 14.4. The Bertz CT molecular complexity index is 2570. The van der Waals surface area contributed by atoms with E-state index >= 15 is 0 Å². The number of nitrogens with one attached hydrogen (secondary N) is 2. The molecular formula is C51H60FN11O5. The van der Waals surface area contributed by atoms with Gasteiger partial charge < -0.3 is 30.5 Å². The number of likely N-dealkylation sites (tertiary alicyclic amines) is 3. The maximum Gasteiger partial charge on any atom is 0.328 e. The van der Waals surface area contributed by atoms with Crippen molar-refractivity contribution in [3.8, 4) is 17.0 Å². The molecule has 4 aliphatic heterocycles. The van der Waals surface area contributed by atoms with Crippen molar-refractivity contribution in [3.05, 3.63) is 114 Å². The molecule has 6 heterocycles. The van der Waals surface area contributed by atoms with Gasteiger partial charge in [-0.2, -0.15) is 5.10 Å². The number of imide groups is 1. The number of urea groups is 1. The number of nitrogens with zero attached hydrogens (tertiary/aromatic N) is 8. The first-order valence-electron chi connectivity index (χ1n) is 23.9. The van der Waals surface area contributed by atoms with E-state index in [1.54, 1.807) is 30.6 Å². The van der Waals surface area contributed by atoms with Crippen LogP contribution in [0, 0.1) is 17.7 Å². The molecule has 356 valence electrons. The molecule has 0 spiro atoms. The van der Waals surface area contributed by atoms with Crippen LogP contribution >= 0.6 is 0 Å². The quantitative estimate of drug-likeness (QED) is 0.109. The highest BCUT2D eigenvalue weighted by Crippen LogP contribution is 2.34. The van der Waals surface area contributed by atoms with Gasteiger partial charge in [-0.3, -0.25) is 29.3 Å². The number of rotatable bonds is 14. The lowest BCUT2D eigenvalue weighted by molar-refractivity contribution is -0.120. The Morgan fingerprint density at radius 2 is 1.59 bits per heavy atom. The first kappa shape index (κ1) is 46.4. The average Bonchev–Trinajstić information content (AvgIpc) is 3.86. The summed E-state index contributed by atoms with van der Waals surface area (Å²) in [5.41, 5.74) is 10.3. The van der Waals surface area contributed by atoms with Crippen molar-refractivity contribution in [2.45, 2.75) is 63.3 Å². The van der Waals surface area contributed by atoms with E-state index < -0.39 is 17.8 Å². The minimum absolute atomic E-state index is 0.0501. The van der Waals surface area contributed by atoms with Crippen LogP contribution < -0.4 is 26.0 Å². The molecule has 5 aromatic rings. The third-order valence-corrected chi connectivity index (χ3v) is 14.2. The van der Waals surface area contributed by atoms with E-state index in [4.69, 9.17) is 20.6 Å². The van der Waals surface area contributed by atoms with E-state index in [0.29, 0.717) is 64.6 Å². The van der Waals surface area contributed by atoms with Gasteiger partial charge in [-0.15, -0.1) is 0 Å². The minimum atomic E-state index is -0.854. The molecule has 3 aromatic carbocycles. The number of benzene rings is 3. The molecule has 17 heteroatoms. The van der Waals surface area contributed by atoms with E-state index in [2.05, 4.69) is 25.4 Å². The van der Waals surface area contributed by atoms with Crippen molar-refractivity contribution in [1.29, 1.82) is 0 Å². The first-order valence-corrected chi connectivity index (χ1v) is 23.9. The maximum absolute atomic E-state index is 13.8. The van der Waals surface area contributed by atoms with Gasteiger partial charge in [0.25, 0.3) is 5.91 Å². The number of hydrogen-bond acceptors (Lipinski definition) is 11. The smallest absolute Gasteiger partial charge is 0.328 e. The van der Waals surface area contributed by atoms with Crippen LogP contribution in [0.15, 0.2) is 91.4 Å². The molecule has 9 rings (SSSR count). The number of anilines is 3. The molecule has 68 heavy (non-hydrogen) atoms. The number of carbonyl (C=O) groups is 4. The van der Waals surface area contributed by atoms with Gasteiger partial charge in [-0.1, -0.05) is 30.3 Å². The fourth-order valence-corrected chi connectivity index (χ4v) is 10.2. The monoisotopic (exact) mass is 925 g/mol. The number of amides is 5. The average molecular weight is 926 g/mol. The van der Waals surface area contributed by atoms with Crippen molar-refractivity contribution in [2.24, 2.45) is 11.8 Å². The normalized spacial score (nSPS) is 18.6. The van der Waals surface area contributed by atoms with Crippen molar-refractivity contribution >= 4 is 40.9 Å². The Hall–Kier alpha value is -6.72. The second-order valence-electron chi connectivity index (χ2n) is 18.6. The van der Waals surface area contributed by atoms with Crippen molar-refractivity contribution in [1.82, 2.24) is 39.8 Å². The lowest BCUT2D eigenvalue weighted by atomic mass is 9.91. The zero-order chi connectivity index (χ0) is 47.1. The Balaban J connectivity index is 0.711. The van der Waals surface area contributed by atoms with Crippen LogP contribution in [0.25, 0.3) is 11.3 Å². The van der Waals surface area contributed by atoms with Gasteiger partial charge in [0, 0.05) is 68.7 Å². The number of hydrogen-bond donors (Lipinski definition) is 3. The molecule has 1 atom stereocenters. The Labute approximate surface area is 396 Å². The van der Waals surface area contributed by atoms with Crippen LogP contribution in [-0.4, -0.2) is 124 Å². The second kappa shape index (κ2) is 21.1. The SMILES string of the molecule is COc1ccc(C(=O)N2CCC(CCN3CCC(CN4CCC(n5cc(-c6cnc(N)c([C@H](C(=O)Nc7ccc(F)cc7)c7ccccc7)n6)cn5)CC4)CC3)CC2)cc1N1CCC(=O)NC1=O. The molecule has 4 aliphatic rings. The van der Waals surface area contributed by atoms with Crippen molar-refractivity contribution in [2.75, 3.05) is 82.0 Å². The number of nitrogens with two attached hydrogens (primary N) is 1. The summed E-state index contributed by atoms with van der Waals surface area (Å²) >= 11 is 0. The maximum atomic E-state index is 13.8. The van der Waals surface area contributed by atoms with Gasteiger partial charge in [0.2, 0.25) is 11.8 Å². The van der Waals surface area contributed by atoms with Crippen LogP contribution in [0.2, 0.25) is 0 Å². The van der Waals surface area contributed by atoms with Gasteiger partial charge in [0.1, 0.15) is 29.0 Å². The highest BCUT2D eigenvalue weighted by atomic mass is 19.1. The topological polar surface area (TPSA) is 184 Å². The fourth-order valence-electron chi connectivity index (χ4n) is 10.2. The number of piperidine rings is 3. The van der Waals surface area contributed by atoms with Crippen LogP contribution in [0.5, 0.6) is 5.75 Å². The second-order valence-corrected chi connectivity index (χ2v) is 18.6. The lowest BCUT2D eigenvalue weighted by Crippen LogP contribution is -2.49. The van der Waals surface area contributed by atoms with Crippen molar-refractivity contribution < 1.29 is 28.3 Å². The highest BCUT2D eigenvalue weighted by molar-refractivity contribution is 6.07. The molecule has 0 saturated carbocycles. The largest absolute Gasteiger partial charge is 0.495 e. The van der Waals surface area contributed by atoms with Crippen LogP contribution in [0.3, 0.4) is 0 Å². The van der Waals surface area contributed by atoms with Gasteiger partial charge >= 0.3 is 6.03 Å². The van der Waals surface area contributed by atoms with E-state index in [9.17, 15) is 23.6 Å². The van der Waals surface area contributed by atoms with Gasteiger partial charge in [0.15, 0.2) is 0 Å². The predicted molar refractivity (Wildman–Crippen MR) is 257 cm³/mol. The molecule has 2 aromatic heterocycles. The molecule has 0 radical (unpaired) electrons. The predicted octanol–water partition coefficient (Wildman–Crippen LogP) is 6.58. The Morgan fingerprint density at radius 1 is 0.868 bits per heavy atom. The summed E-state index contributed by atoms with van der Waals surface area (Å²) in [7, 11) is 1.53. The highest BCUT2D eigenvalue weighted by Gasteiger charge is 2.32. The summed E-state index contributed by atoms with van der Waals surface area (Å²) in [4.78, 5) is 69.7. The number of carbonyl (C=O) groups excluding carboxylic acids is 4. The van der Waals surface area contributed by atoms with Gasteiger partial charge in [-0.25, -0.2) is 19.2 Å². The van der Waals surface area contributed by atoms with E-state index in [1.165, 1.54) is 49.1 Å². The molecule has 4 N–H and O–H groups in total. The third-order valence-electron chi connectivity index (χ3n) is 14.2. The Morgan fingerprint density at radius 3 is 2.31 bits per heavy atom. The van der Waals surface area contributed by atoms with E-state index in [-0.39, 0.29) is 42.5 Å². The molecule has 0 aliphatic carbocycles. The summed E-state index contributed by atoms with van der Waals surface area (Å²) in [5, 5.41) is 10.00. The summed E-state index contributed by atoms with van der Waals surface area (Å²) in [6.07, 6.45) is 13.1. The standard InChI is InChI=1S/C51H60FN11O5/c1-68-44-12-7-37(29-43(44)62-28-20-45(64)58-51(62)67)50(66)61-26-16-34(17-27-61)13-21-59-22-14-35(15-23-59)32-60-24-18-41(19-25-60)63-33-38(30-55-63)42-31-54-48(53)47(57-42)46(36-5-3-2-4-6-36)49(65)56-40-10-8-39(52)9-11-40/h2-12,29-31,33-35,41,46H,13-28,32H2,1H3,(H2,53,54)(H,56,65)(H,58,64,67)/t46-/m1/s1. The molecule has 4 fully saturated rings. The number of methoxy groups -OCH3 is 1. The zero-order valence-corrected chi connectivity index (χ0v) is 38.6. The molecule has 0 unspecified atom stereocenters. The van der Waals surface area contributed by atoms with Crippen LogP contribution in [0.4, 0.5) is 26.4 Å². The number of ether oxygens (including phenoxy) is 1. The summed E-state index contributed by atoms with van der Waals surface area (Å²) in [6, 6.07) is 19.8. The summed E-state index contributed by atoms with van der Waals surface area (Å²) < 4.78 is 21.1. The molecular weight excluding hydrogens is 866 g/mol. The van der Waals surface area contributed by atoms with Gasteiger partial charge in [-0.05, 0) is 124 Å². The third kappa shape index (κ3) is 10.8. The fraction of sp³-hybridized carbons (Fsp3) is 0.431. The van der Waals surface area contributed by atoms with E-state index in [0.717, 1.165) is 76.9 Å². The molecule has 16 nitrogen and oxygen atoms in total. The van der Waals surface area contributed by atoms with Crippen molar-refractivity contribution in [3.63, 3.8) is 0 Å². The van der Waals surface area contributed by atoms with Crippen LogP contribution in [-0.2, 0) is 9.59 Å². The molecule has 4 saturated heterocycles. The number of halogens is 1. The van der Waals surface area contributed by atoms with Crippen LogP contribution in [0.1, 0.15) is 84.9 Å². The zero-order valence-electron chi connectivity index (χ0n) is 38.6. The minimum Gasteiger partial charge on any atom is -0.495 e. The van der Waals surface area contributed by atoms with E-state index in [1.807, 2.05) is 46.1 Å². The number of aromatic nitrogens is 4. The molecule has 0 bridgehead atoms. The number of nitrogen functional groups attached to an aromatic ring is 1. The molecule has 5 amide bonds. The lowest BCUT2D eigenvalue weighted by Gasteiger charge is -2.38. The first-order chi connectivity index (χ1) is 33.1.